The summed E-state index contributed by atoms with van der Waals surface area (Å²) in [5, 5.41) is 1.06. The Morgan fingerprint density at radius 3 is 2.56 bits per heavy atom. The largest absolute Gasteiger partial charge is 0.464 e. The van der Waals surface area contributed by atoms with E-state index in [9.17, 15) is 9.59 Å². The van der Waals surface area contributed by atoms with E-state index in [1.165, 1.54) is 11.7 Å². The molecule has 0 bridgehead atoms. The standard InChI is InChI=1S/C25H20N2O5/c1-30-25(29)23-22(16-5-3-2-4-6-16)19-12-17(26)8-9-18(19)24(28)27(23)13-15-7-10-20-21(11-15)32-14-31-20/h2-12H,13-14,26H2,1H3. The lowest BCUT2D eigenvalue weighted by Crippen LogP contribution is -2.28. The Kier molecular flexibility index (Phi) is 4.78. The predicted octanol–water partition coefficient (Wildman–Crippen LogP) is 3.81. The lowest BCUT2D eigenvalue weighted by Gasteiger charge is -2.19. The topological polar surface area (TPSA) is 92.8 Å². The second-order valence-electron chi connectivity index (χ2n) is 7.47. The molecule has 7 heteroatoms. The number of nitrogens with two attached hydrogens (primary N) is 1. The minimum Gasteiger partial charge on any atom is -0.464 e. The molecule has 160 valence electrons. The van der Waals surface area contributed by atoms with Crippen molar-refractivity contribution in [2.45, 2.75) is 6.54 Å². The van der Waals surface area contributed by atoms with Gasteiger partial charge in [-0.3, -0.25) is 9.36 Å². The van der Waals surface area contributed by atoms with Crippen molar-refractivity contribution >= 4 is 22.4 Å². The van der Waals surface area contributed by atoms with Gasteiger partial charge in [-0.1, -0.05) is 36.4 Å². The molecule has 3 aromatic carbocycles. The second kappa shape index (κ2) is 7.77. The highest BCUT2D eigenvalue weighted by atomic mass is 16.7. The number of hydrogen-bond acceptors (Lipinski definition) is 6. The van der Waals surface area contributed by atoms with Crippen LogP contribution in [0.4, 0.5) is 5.69 Å². The number of carbonyl (C=O) groups excluding carboxylic acids is 1. The molecule has 2 N–H and O–H groups in total. The third kappa shape index (κ3) is 3.24. The van der Waals surface area contributed by atoms with Gasteiger partial charge in [0.05, 0.1) is 13.7 Å². The molecule has 5 rings (SSSR count). The minimum atomic E-state index is -0.606. The average molecular weight is 428 g/mol. The summed E-state index contributed by atoms with van der Waals surface area (Å²) < 4.78 is 17.4. The molecule has 0 aliphatic carbocycles. The van der Waals surface area contributed by atoms with E-state index in [0.717, 1.165) is 11.1 Å². The van der Waals surface area contributed by atoms with Gasteiger partial charge in [-0.2, -0.15) is 0 Å². The number of methoxy groups -OCH3 is 1. The lowest BCUT2D eigenvalue weighted by atomic mass is 9.96. The molecule has 0 spiro atoms. The SMILES string of the molecule is COC(=O)c1c(-c2ccccc2)c2cc(N)ccc2c(=O)n1Cc1ccc2c(c1)OCO2. The predicted molar refractivity (Wildman–Crippen MR) is 121 cm³/mol. The van der Waals surface area contributed by atoms with Gasteiger partial charge in [-0.15, -0.1) is 0 Å². The van der Waals surface area contributed by atoms with Crippen LogP contribution in [0.5, 0.6) is 11.5 Å². The maximum atomic E-state index is 13.6. The number of ether oxygens (including phenoxy) is 3. The summed E-state index contributed by atoms with van der Waals surface area (Å²) in [7, 11) is 1.30. The van der Waals surface area contributed by atoms with E-state index in [1.807, 2.05) is 42.5 Å². The third-order valence-electron chi connectivity index (χ3n) is 5.51. The lowest BCUT2D eigenvalue weighted by molar-refractivity contribution is 0.0588. The zero-order valence-electron chi connectivity index (χ0n) is 17.3. The Balaban J connectivity index is 1.82. The highest BCUT2D eigenvalue weighted by molar-refractivity contribution is 6.07. The smallest absolute Gasteiger partial charge is 0.355 e. The molecule has 2 heterocycles. The van der Waals surface area contributed by atoms with Gasteiger partial charge in [-0.05, 0) is 46.8 Å². The fourth-order valence-corrected chi connectivity index (χ4v) is 4.04. The summed E-state index contributed by atoms with van der Waals surface area (Å²) in [4.78, 5) is 26.6. The van der Waals surface area contributed by atoms with Gasteiger partial charge in [0.2, 0.25) is 6.79 Å². The summed E-state index contributed by atoms with van der Waals surface area (Å²) in [6.45, 7) is 0.307. The van der Waals surface area contributed by atoms with Crippen LogP contribution in [0.25, 0.3) is 21.9 Å². The van der Waals surface area contributed by atoms with Gasteiger partial charge in [-0.25, -0.2) is 4.79 Å². The fourth-order valence-electron chi connectivity index (χ4n) is 4.04. The van der Waals surface area contributed by atoms with Crippen LogP contribution in [-0.4, -0.2) is 24.4 Å². The fraction of sp³-hybridized carbons (Fsp3) is 0.120. The molecule has 32 heavy (non-hydrogen) atoms. The molecule has 0 radical (unpaired) electrons. The summed E-state index contributed by atoms with van der Waals surface area (Å²) in [5.41, 5.74) is 8.56. The molecule has 0 fully saturated rings. The number of nitrogen functional groups attached to an aromatic ring is 1. The highest BCUT2D eigenvalue weighted by Crippen LogP contribution is 2.35. The van der Waals surface area contributed by atoms with Gasteiger partial charge < -0.3 is 19.9 Å². The molecule has 1 aliphatic rings. The van der Waals surface area contributed by atoms with Gasteiger partial charge in [0.15, 0.2) is 11.5 Å². The van der Waals surface area contributed by atoms with Gasteiger partial charge >= 0.3 is 5.97 Å². The van der Waals surface area contributed by atoms with Crippen LogP contribution >= 0.6 is 0 Å². The van der Waals surface area contributed by atoms with Crippen LogP contribution in [0, 0.1) is 0 Å². The summed E-state index contributed by atoms with van der Waals surface area (Å²) in [6.07, 6.45) is 0. The van der Waals surface area contributed by atoms with E-state index in [2.05, 4.69) is 0 Å². The molecule has 7 nitrogen and oxygen atoms in total. The number of hydrogen-bond donors (Lipinski definition) is 1. The molecular formula is C25H20N2O5. The number of esters is 1. The number of anilines is 1. The molecule has 0 atom stereocenters. The van der Waals surface area contributed by atoms with Crippen LogP contribution in [0.2, 0.25) is 0 Å². The van der Waals surface area contributed by atoms with Crippen LogP contribution < -0.4 is 20.8 Å². The van der Waals surface area contributed by atoms with E-state index < -0.39 is 5.97 Å². The van der Waals surface area contributed by atoms with Gasteiger partial charge in [0.25, 0.3) is 5.56 Å². The van der Waals surface area contributed by atoms with Crippen molar-refractivity contribution in [3.05, 3.63) is 88.3 Å². The first kappa shape index (κ1) is 19.7. The highest BCUT2D eigenvalue weighted by Gasteiger charge is 2.25. The summed E-state index contributed by atoms with van der Waals surface area (Å²) >= 11 is 0. The number of aromatic nitrogens is 1. The molecule has 0 amide bonds. The quantitative estimate of drug-likeness (QED) is 0.392. The first-order valence-electron chi connectivity index (χ1n) is 10.0. The molecular weight excluding hydrogens is 408 g/mol. The summed E-state index contributed by atoms with van der Waals surface area (Å²) in [5.74, 6) is 0.645. The second-order valence-corrected chi connectivity index (χ2v) is 7.47. The van der Waals surface area contributed by atoms with E-state index in [-0.39, 0.29) is 24.6 Å². The van der Waals surface area contributed by atoms with E-state index in [1.54, 1.807) is 24.3 Å². The van der Waals surface area contributed by atoms with E-state index in [0.29, 0.717) is 33.5 Å². The Labute approximate surface area is 183 Å². The van der Waals surface area contributed by atoms with Crippen molar-refractivity contribution in [3.8, 4) is 22.6 Å². The first-order valence-corrected chi connectivity index (χ1v) is 10.0. The minimum absolute atomic E-state index is 0.153. The van der Waals surface area contributed by atoms with Crippen molar-refractivity contribution in [2.75, 3.05) is 19.6 Å². The maximum absolute atomic E-state index is 13.6. The summed E-state index contributed by atoms with van der Waals surface area (Å²) in [6, 6.07) is 20.0. The molecule has 1 aromatic heterocycles. The normalized spacial score (nSPS) is 12.2. The Morgan fingerprint density at radius 1 is 1.00 bits per heavy atom. The Morgan fingerprint density at radius 2 is 1.78 bits per heavy atom. The van der Waals surface area contributed by atoms with Crippen molar-refractivity contribution in [2.24, 2.45) is 0 Å². The molecule has 0 unspecified atom stereocenters. The molecule has 0 saturated carbocycles. The maximum Gasteiger partial charge on any atom is 0.355 e. The number of nitrogens with zero attached hydrogens (tertiary/aromatic N) is 1. The van der Waals surface area contributed by atoms with Crippen molar-refractivity contribution < 1.29 is 19.0 Å². The van der Waals surface area contributed by atoms with Gasteiger partial charge in [0, 0.05) is 16.6 Å². The zero-order valence-corrected chi connectivity index (χ0v) is 17.3. The van der Waals surface area contributed by atoms with Crippen molar-refractivity contribution in [3.63, 3.8) is 0 Å². The van der Waals surface area contributed by atoms with E-state index in [4.69, 9.17) is 19.9 Å². The van der Waals surface area contributed by atoms with Crippen LogP contribution in [-0.2, 0) is 11.3 Å². The van der Waals surface area contributed by atoms with Gasteiger partial charge in [0.1, 0.15) is 5.69 Å². The zero-order chi connectivity index (χ0) is 22.2. The molecule has 0 saturated heterocycles. The number of carbonyl (C=O) groups is 1. The Hall–Kier alpha value is -4.26. The van der Waals surface area contributed by atoms with E-state index >= 15 is 0 Å². The van der Waals surface area contributed by atoms with Crippen LogP contribution in [0.3, 0.4) is 0 Å². The number of benzene rings is 3. The number of rotatable bonds is 4. The van der Waals surface area contributed by atoms with Crippen molar-refractivity contribution in [1.29, 1.82) is 0 Å². The number of pyridine rings is 1. The monoisotopic (exact) mass is 428 g/mol. The average Bonchev–Trinajstić information content (AvgIpc) is 3.28. The van der Waals surface area contributed by atoms with Crippen molar-refractivity contribution in [1.82, 2.24) is 4.57 Å². The molecule has 4 aromatic rings. The third-order valence-corrected chi connectivity index (χ3v) is 5.51. The Bertz CT molecular complexity index is 1410. The van der Waals surface area contributed by atoms with Crippen LogP contribution in [0.1, 0.15) is 16.1 Å². The number of fused-ring (bicyclic) bond motifs is 2. The van der Waals surface area contributed by atoms with Crippen LogP contribution in [0.15, 0.2) is 71.5 Å². The first-order chi connectivity index (χ1) is 15.6. The molecule has 1 aliphatic heterocycles.